The van der Waals surface area contributed by atoms with E-state index in [2.05, 4.69) is 35.1 Å². The summed E-state index contributed by atoms with van der Waals surface area (Å²) in [4.78, 5) is 22.9. The second-order valence-electron chi connectivity index (χ2n) is 8.66. The molecule has 0 saturated heterocycles. The maximum absolute atomic E-state index is 13.3. The van der Waals surface area contributed by atoms with Crippen molar-refractivity contribution >= 4 is 49.9 Å². The number of fused-ring (bicyclic) bond motifs is 2. The molecule has 166 valence electrons. The van der Waals surface area contributed by atoms with Crippen molar-refractivity contribution in [1.82, 2.24) is 19.9 Å². The Hall–Kier alpha value is -2.93. The number of aromatic nitrogens is 3. The molecular formula is C25H28BrN5O. The first-order valence-electron chi connectivity index (χ1n) is 11.0. The number of rotatable bonds is 7. The molecule has 0 spiro atoms. The van der Waals surface area contributed by atoms with Crippen molar-refractivity contribution in [3.8, 4) is 5.69 Å². The summed E-state index contributed by atoms with van der Waals surface area (Å²) in [7, 11) is 0. The van der Waals surface area contributed by atoms with E-state index in [0.29, 0.717) is 28.5 Å². The monoisotopic (exact) mass is 493 g/mol. The number of hydrogen-bond donors (Lipinski definition) is 2. The number of benzene rings is 2. The van der Waals surface area contributed by atoms with Crippen LogP contribution in [0.5, 0.6) is 0 Å². The number of amides is 1. The summed E-state index contributed by atoms with van der Waals surface area (Å²) in [6.45, 7) is 6.46. The van der Waals surface area contributed by atoms with E-state index in [1.165, 1.54) is 0 Å². The standard InChI is InChI=1S/C25H28BrN5O/c1-15(2)7-6-8-16(3)28-25(32)21-22-24(30-20-10-5-4-9-19(20)29-22)31(23(21)27)18-13-11-17(26)12-14-18/h4-5,9-16H,6-8,27H2,1-3H3,(H,28,32)/t16-/m1/s1. The molecule has 6 nitrogen and oxygen atoms in total. The third-order valence-corrected chi connectivity index (χ3v) is 6.13. The molecule has 4 rings (SSSR count). The highest BCUT2D eigenvalue weighted by atomic mass is 79.9. The van der Waals surface area contributed by atoms with Crippen LogP contribution in [0.2, 0.25) is 0 Å². The van der Waals surface area contributed by atoms with Crippen LogP contribution in [0.3, 0.4) is 0 Å². The Balaban J connectivity index is 1.79. The predicted molar refractivity (Wildman–Crippen MR) is 134 cm³/mol. The fraction of sp³-hybridized carbons (Fsp3) is 0.320. The summed E-state index contributed by atoms with van der Waals surface area (Å²) in [6.07, 6.45) is 3.13. The molecule has 2 aromatic heterocycles. The number of hydrogen-bond acceptors (Lipinski definition) is 4. The lowest BCUT2D eigenvalue weighted by atomic mass is 10.0. The molecule has 0 aliphatic carbocycles. The zero-order valence-corrected chi connectivity index (χ0v) is 20.2. The Bertz CT molecular complexity index is 1260. The molecule has 4 aromatic rings. The fourth-order valence-corrected chi connectivity index (χ4v) is 4.20. The molecule has 2 aromatic carbocycles. The third kappa shape index (κ3) is 4.48. The predicted octanol–water partition coefficient (Wildman–Crippen LogP) is 5.86. The van der Waals surface area contributed by atoms with Crippen molar-refractivity contribution in [2.24, 2.45) is 5.92 Å². The lowest BCUT2D eigenvalue weighted by molar-refractivity contribution is 0.0940. The highest BCUT2D eigenvalue weighted by molar-refractivity contribution is 9.10. The SMILES string of the molecule is CC(C)CCC[C@@H](C)NC(=O)c1c(N)n(-c2ccc(Br)cc2)c2nc3ccccc3nc12. The van der Waals surface area contributed by atoms with E-state index in [4.69, 9.17) is 15.7 Å². The minimum Gasteiger partial charge on any atom is -0.384 e. The van der Waals surface area contributed by atoms with Crippen LogP contribution in [0.25, 0.3) is 27.9 Å². The molecule has 1 atom stereocenters. The molecule has 3 N–H and O–H groups in total. The van der Waals surface area contributed by atoms with Gasteiger partial charge >= 0.3 is 0 Å². The van der Waals surface area contributed by atoms with E-state index in [0.717, 1.165) is 40.5 Å². The van der Waals surface area contributed by atoms with Crippen LogP contribution >= 0.6 is 15.9 Å². The number of halogens is 1. The van der Waals surface area contributed by atoms with Gasteiger partial charge in [0.15, 0.2) is 5.65 Å². The molecule has 32 heavy (non-hydrogen) atoms. The van der Waals surface area contributed by atoms with Gasteiger partial charge in [-0.05, 0) is 55.7 Å². The largest absolute Gasteiger partial charge is 0.384 e. The van der Waals surface area contributed by atoms with Gasteiger partial charge in [-0.25, -0.2) is 9.97 Å². The van der Waals surface area contributed by atoms with Crippen molar-refractivity contribution < 1.29 is 4.79 Å². The summed E-state index contributed by atoms with van der Waals surface area (Å²) in [6, 6.07) is 15.4. The fourth-order valence-electron chi connectivity index (χ4n) is 3.94. The van der Waals surface area contributed by atoms with E-state index in [-0.39, 0.29) is 11.9 Å². The van der Waals surface area contributed by atoms with Gasteiger partial charge in [-0.2, -0.15) is 0 Å². The molecule has 0 bridgehead atoms. The number of nitrogens with zero attached hydrogens (tertiary/aromatic N) is 3. The molecule has 0 saturated carbocycles. The molecule has 0 fully saturated rings. The molecule has 0 unspecified atom stereocenters. The normalized spacial score (nSPS) is 12.5. The van der Waals surface area contributed by atoms with Crippen LogP contribution in [-0.2, 0) is 0 Å². The number of carbonyl (C=O) groups excluding carboxylic acids is 1. The zero-order chi connectivity index (χ0) is 22.8. The maximum Gasteiger partial charge on any atom is 0.257 e. The number of carbonyl (C=O) groups is 1. The molecule has 7 heteroatoms. The Morgan fingerprint density at radius 2 is 1.69 bits per heavy atom. The first-order chi connectivity index (χ1) is 15.3. The van der Waals surface area contributed by atoms with Gasteiger partial charge in [-0.3, -0.25) is 9.36 Å². The number of nitrogen functional groups attached to an aromatic ring is 1. The van der Waals surface area contributed by atoms with E-state index in [9.17, 15) is 4.79 Å². The smallest absolute Gasteiger partial charge is 0.257 e. The van der Waals surface area contributed by atoms with Crippen LogP contribution in [0.4, 0.5) is 5.82 Å². The first-order valence-corrected chi connectivity index (χ1v) is 11.8. The van der Waals surface area contributed by atoms with Crippen molar-refractivity contribution in [2.75, 3.05) is 5.73 Å². The van der Waals surface area contributed by atoms with Crippen molar-refractivity contribution in [3.05, 3.63) is 58.6 Å². The Morgan fingerprint density at radius 1 is 1.03 bits per heavy atom. The molecular weight excluding hydrogens is 466 g/mol. The average molecular weight is 494 g/mol. The average Bonchev–Trinajstić information content (AvgIpc) is 3.03. The lowest BCUT2D eigenvalue weighted by Gasteiger charge is -2.14. The van der Waals surface area contributed by atoms with Crippen LogP contribution < -0.4 is 11.1 Å². The maximum atomic E-state index is 13.3. The summed E-state index contributed by atoms with van der Waals surface area (Å²) < 4.78 is 2.76. The molecule has 2 heterocycles. The van der Waals surface area contributed by atoms with Gasteiger partial charge in [-0.15, -0.1) is 0 Å². The molecule has 0 aliphatic heterocycles. The second kappa shape index (κ2) is 9.28. The highest BCUT2D eigenvalue weighted by Gasteiger charge is 2.25. The zero-order valence-electron chi connectivity index (χ0n) is 18.6. The van der Waals surface area contributed by atoms with Gasteiger partial charge < -0.3 is 11.1 Å². The minimum absolute atomic E-state index is 0.0418. The summed E-state index contributed by atoms with van der Waals surface area (Å²) in [5.74, 6) is 0.774. The van der Waals surface area contributed by atoms with Gasteiger partial charge in [0.2, 0.25) is 0 Å². The van der Waals surface area contributed by atoms with Crippen molar-refractivity contribution in [3.63, 3.8) is 0 Å². The van der Waals surface area contributed by atoms with Crippen molar-refractivity contribution in [2.45, 2.75) is 46.1 Å². The van der Waals surface area contributed by atoms with E-state index < -0.39 is 0 Å². The molecule has 0 aliphatic rings. The van der Waals surface area contributed by atoms with Gasteiger partial charge in [0.1, 0.15) is 16.9 Å². The Labute approximate surface area is 196 Å². The van der Waals surface area contributed by atoms with Gasteiger partial charge in [0.25, 0.3) is 5.91 Å². The van der Waals surface area contributed by atoms with E-state index >= 15 is 0 Å². The number of nitrogens with two attached hydrogens (primary N) is 1. The Morgan fingerprint density at radius 3 is 2.34 bits per heavy atom. The number of para-hydroxylation sites is 2. The number of anilines is 1. The lowest BCUT2D eigenvalue weighted by Crippen LogP contribution is -2.33. The van der Waals surface area contributed by atoms with Crippen LogP contribution in [0.1, 0.15) is 50.4 Å². The number of nitrogens with one attached hydrogen (secondary N) is 1. The second-order valence-corrected chi connectivity index (χ2v) is 9.57. The minimum atomic E-state index is -0.218. The molecule has 0 radical (unpaired) electrons. The summed E-state index contributed by atoms with van der Waals surface area (Å²) in [5, 5.41) is 3.12. The van der Waals surface area contributed by atoms with E-state index in [1.807, 2.05) is 55.5 Å². The van der Waals surface area contributed by atoms with E-state index in [1.54, 1.807) is 4.57 Å². The van der Waals surface area contributed by atoms with Gasteiger partial charge in [0.05, 0.1) is 11.0 Å². The summed E-state index contributed by atoms with van der Waals surface area (Å²) in [5.41, 5.74) is 10.3. The Kier molecular flexibility index (Phi) is 6.46. The third-order valence-electron chi connectivity index (χ3n) is 5.61. The van der Waals surface area contributed by atoms with Gasteiger partial charge in [-0.1, -0.05) is 54.8 Å². The van der Waals surface area contributed by atoms with Crippen molar-refractivity contribution in [1.29, 1.82) is 0 Å². The van der Waals surface area contributed by atoms with Crippen LogP contribution in [-0.4, -0.2) is 26.5 Å². The van der Waals surface area contributed by atoms with Crippen LogP contribution in [0.15, 0.2) is 53.0 Å². The molecule has 1 amide bonds. The topological polar surface area (TPSA) is 85.8 Å². The van der Waals surface area contributed by atoms with Gasteiger partial charge in [0, 0.05) is 16.2 Å². The van der Waals surface area contributed by atoms with Crippen LogP contribution in [0, 0.1) is 5.92 Å². The quantitative estimate of drug-likeness (QED) is 0.337. The first kappa shape index (κ1) is 22.3. The summed E-state index contributed by atoms with van der Waals surface area (Å²) >= 11 is 3.47. The highest BCUT2D eigenvalue weighted by Crippen LogP contribution is 2.31.